The second-order valence-corrected chi connectivity index (χ2v) is 6.55. The number of anilines is 1. The summed E-state index contributed by atoms with van der Waals surface area (Å²) in [6, 6.07) is 2.88. The Labute approximate surface area is 144 Å². The molecule has 1 N–H and O–H groups in total. The third-order valence-electron chi connectivity index (χ3n) is 4.81. The van der Waals surface area contributed by atoms with Crippen molar-refractivity contribution < 1.29 is 22.7 Å². The zero-order valence-electron chi connectivity index (χ0n) is 13.9. The van der Waals surface area contributed by atoms with Crippen LogP contribution in [0.5, 0.6) is 0 Å². The number of ether oxygens (including phenoxy) is 1. The molecule has 1 aliphatic carbocycles. The Balaban J connectivity index is 1.69. The van der Waals surface area contributed by atoms with E-state index in [2.05, 4.69) is 10.3 Å². The Morgan fingerprint density at radius 2 is 2.04 bits per heavy atom. The fraction of sp³-hybridized carbons (Fsp3) is 0.647. The SMILES string of the molecule is O=C(N[C@@H]1CCC[C@H](C(F)(F)F)C1)c1cccnc1N1CCOCC1. The van der Waals surface area contributed by atoms with Gasteiger partial charge in [0.15, 0.2) is 0 Å². The van der Waals surface area contributed by atoms with Gasteiger partial charge in [0, 0.05) is 25.3 Å². The van der Waals surface area contributed by atoms with Crippen LogP contribution in [0.3, 0.4) is 0 Å². The molecular formula is C17H22F3N3O2. The van der Waals surface area contributed by atoms with E-state index in [1.807, 2.05) is 4.90 Å². The highest BCUT2D eigenvalue weighted by atomic mass is 19.4. The smallest absolute Gasteiger partial charge is 0.378 e. The van der Waals surface area contributed by atoms with E-state index >= 15 is 0 Å². The summed E-state index contributed by atoms with van der Waals surface area (Å²) < 4.78 is 44.1. The Kier molecular flexibility index (Phi) is 5.46. The van der Waals surface area contributed by atoms with Crippen molar-refractivity contribution in [2.24, 2.45) is 5.92 Å². The number of halogens is 3. The van der Waals surface area contributed by atoms with E-state index in [4.69, 9.17) is 4.74 Å². The molecule has 8 heteroatoms. The van der Waals surface area contributed by atoms with Crippen molar-refractivity contribution in [3.05, 3.63) is 23.9 Å². The molecule has 2 atom stereocenters. The lowest BCUT2D eigenvalue weighted by molar-refractivity contribution is -0.183. The second kappa shape index (κ2) is 7.59. The van der Waals surface area contributed by atoms with E-state index in [9.17, 15) is 18.0 Å². The number of rotatable bonds is 3. The van der Waals surface area contributed by atoms with Gasteiger partial charge >= 0.3 is 6.18 Å². The van der Waals surface area contributed by atoms with Crippen molar-refractivity contribution in [2.45, 2.75) is 37.9 Å². The van der Waals surface area contributed by atoms with Crippen LogP contribution in [0.15, 0.2) is 18.3 Å². The third kappa shape index (κ3) is 4.42. The van der Waals surface area contributed by atoms with Gasteiger partial charge in [0.05, 0.1) is 24.7 Å². The summed E-state index contributed by atoms with van der Waals surface area (Å²) in [5.74, 6) is -1.13. The third-order valence-corrected chi connectivity index (χ3v) is 4.81. The molecule has 1 aromatic heterocycles. The Morgan fingerprint density at radius 3 is 2.76 bits per heavy atom. The summed E-state index contributed by atoms with van der Waals surface area (Å²) in [5.41, 5.74) is 0.401. The highest BCUT2D eigenvalue weighted by Gasteiger charge is 2.42. The molecule has 5 nitrogen and oxygen atoms in total. The minimum absolute atomic E-state index is 0.0532. The fourth-order valence-electron chi connectivity index (χ4n) is 3.48. The number of amides is 1. The normalized spacial score (nSPS) is 24.8. The molecule has 1 amide bonds. The van der Waals surface area contributed by atoms with Crippen molar-refractivity contribution >= 4 is 11.7 Å². The zero-order chi connectivity index (χ0) is 17.9. The van der Waals surface area contributed by atoms with Gasteiger partial charge in [-0.05, 0) is 31.4 Å². The number of nitrogens with one attached hydrogen (secondary N) is 1. The lowest BCUT2D eigenvalue weighted by Gasteiger charge is -2.32. The molecule has 1 aliphatic heterocycles. The van der Waals surface area contributed by atoms with E-state index in [1.165, 1.54) is 0 Å². The highest BCUT2D eigenvalue weighted by Crippen LogP contribution is 2.37. The average Bonchev–Trinajstić information content (AvgIpc) is 2.62. The summed E-state index contributed by atoms with van der Waals surface area (Å²) >= 11 is 0. The molecular weight excluding hydrogens is 335 g/mol. The maximum absolute atomic E-state index is 12.9. The molecule has 0 bridgehead atoms. The number of morpholine rings is 1. The molecule has 0 aromatic carbocycles. The minimum atomic E-state index is -4.20. The molecule has 1 aromatic rings. The first-order chi connectivity index (χ1) is 11.9. The quantitative estimate of drug-likeness (QED) is 0.904. The summed E-state index contributed by atoms with van der Waals surface area (Å²) in [6.45, 7) is 2.40. The van der Waals surface area contributed by atoms with Gasteiger partial charge in [-0.15, -0.1) is 0 Å². The molecule has 138 valence electrons. The van der Waals surface area contributed by atoms with Crippen LogP contribution in [0.4, 0.5) is 19.0 Å². The lowest BCUT2D eigenvalue weighted by atomic mass is 9.85. The summed E-state index contributed by atoms with van der Waals surface area (Å²) in [5, 5.41) is 2.78. The molecule has 2 heterocycles. The van der Waals surface area contributed by atoms with Crippen LogP contribution in [0.25, 0.3) is 0 Å². The maximum Gasteiger partial charge on any atom is 0.391 e. The first-order valence-corrected chi connectivity index (χ1v) is 8.60. The highest BCUT2D eigenvalue weighted by molar-refractivity contribution is 5.99. The van der Waals surface area contributed by atoms with Crippen LogP contribution in [0.1, 0.15) is 36.0 Å². The molecule has 0 radical (unpaired) electrons. The Morgan fingerprint density at radius 1 is 1.28 bits per heavy atom. The molecule has 2 fully saturated rings. The van der Waals surface area contributed by atoms with E-state index in [0.29, 0.717) is 50.5 Å². The molecule has 3 rings (SSSR count). The van der Waals surface area contributed by atoms with Crippen LogP contribution in [0, 0.1) is 5.92 Å². The zero-order valence-corrected chi connectivity index (χ0v) is 13.9. The van der Waals surface area contributed by atoms with Gasteiger partial charge in [-0.2, -0.15) is 13.2 Å². The van der Waals surface area contributed by atoms with Crippen molar-refractivity contribution in [3.63, 3.8) is 0 Å². The average molecular weight is 357 g/mol. The Hall–Kier alpha value is -1.83. The van der Waals surface area contributed by atoms with E-state index < -0.39 is 18.1 Å². The van der Waals surface area contributed by atoms with Crippen molar-refractivity contribution in [3.8, 4) is 0 Å². The van der Waals surface area contributed by atoms with E-state index in [-0.39, 0.29) is 18.7 Å². The Bertz CT molecular complexity index is 603. The standard InChI is InChI=1S/C17H22F3N3O2/c18-17(19,20)12-3-1-4-13(11-12)22-16(24)14-5-2-6-21-15(14)23-7-9-25-10-8-23/h2,5-6,12-13H,1,3-4,7-11H2,(H,22,24)/t12-,13+/m0/s1. The van der Waals surface area contributed by atoms with Gasteiger partial charge in [0.25, 0.3) is 5.91 Å². The van der Waals surface area contributed by atoms with Crippen LogP contribution >= 0.6 is 0 Å². The number of alkyl halides is 3. The lowest BCUT2D eigenvalue weighted by Crippen LogP contribution is -2.43. The summed E-state index contributed by atoms with van der Waals surface area (Å²) in [4.78, 5) is 18.9. The van der Waals surface area contributed by atoms with Crippen LogP contribution in [0.2, 0.25) is 0 Å². The summed E-state index contributed by atoms with van der Waals surface area (Å²) in [6.07, 6.45) is -1.45. The number of aromatic nitrogens is 1. The molecule has 1 saturated carbocycles. The number of carbonyl (C=O) groups is 1. The molecule has 25 heavy (non-hydrogen) atoms. The van der Waals surface area contributed by atoms with Gasteiger partial charge in [-0.1, -0.05) is 6.42 Å². The van der Waals surface area contributed by atoms with Gasteiger partial charge in [0.1, 0.15) is 5.82 Å². The predicted octanol–water partition coefficient (Wildman–Crippen LogP) is 2.77. The number of hydrogen-bond donors (Lipinski definition) is 1. The summed E-state index contributed by atoms with van der Waals surface area (Å²) in [7, 11) is 0. The van der Waals surface area contributed by atoms with E-state index in [0.717, 1.165) is 0 Å². The molecule has 1 saturated heterocycles. The molecule has 2 aliphatic rings. The van der Waals surface area contributed by atoms with Gasteiger partial charge < -0.3 is 15.0 Å². The number of carbonyl (C=O) groups excluding carboxylic acids is 1. The first-order valence-electron chi connectivity index (χ1n) is 8.60. The van der Waals surface area contributed by atoms with Gasteiger partial charge in [0.2, 0.25) is 0 Å². The monoisotopic (exact) mass is 357 g/mol. The predicted molar refractivity (Wildman–Crippen MR) is 86.5 cm³/mol. The molecule has 0 unspecified atom stereocenters. The van der Waals surface area contributed by atoms with Gasteiger partial charge in [-0.25, -0.2) is 4.98 Å². The topological polar surface area (TPSA) is 54.5 Å². The van der Waals surface area contributed by atoms with Crippen LogP contribution < -0.4 is 10.2 Å². The molecule has 0 spiro atoms. The largest absolute Gasteiger partial charge is 0.391 e. The maximum atomic E-state index is 12.9. The second-order valence-electron chi connectivity index (χ2n) is 6.55. The van der Waals surface area contributed by atoms with E-state index in [1.54, 1.807) is 18.3 Å². The van der Waals surface area contributed by atoms with Crippen molar-refractivity contribution in [2.75, 3.05) is 31.2 Å². The van der Waals surface area contributed by atoms with Gasteiger partial charge in [-0.3, -0.25) is 4.79 Å². The fourth-order valence-corrected chi connectivity index (χ4v) is 3.48. The first kappa shape index (κ1) is 18.0. The number of hydrogen-bond acceptors (Lipinski definition) is 4. The van der Waals surface area contributed by atoms with Crippen molar-refractivity contribution in [1.82, 2.24) is 10.3 Å². The van der Waals surface area contributed by atoms with Crippen LogP contribution in [-0.2, 0) is 4.74 Å². The number of pyridine rings is 1. The minimum Gasteiger partial charge on any atom is -0.378 e. The number of nitrogens with zero attached hydrogens (tertiary/aromatic N) is 2. The van der Waals surface area contributed by atoms with Crippen LogP contribution in [-0.4, -0.2) is 49.4 Å². The van der Waals surface area contributed by atoms with Crippen molar-refractivity contribution in [1.29, 1.82) is 0 Å².